The zero-order chi connectivity index (χ0) is 28.4. The number of amides is 1. The average Bonchev–Trinajstić information content (AvgIpc) is 3.51. The van der Waals surface area contributed by atoms with Crippen molar-refractivity contribution in [2.24, 2.45) is 0 Å². The maximum absolute atomic E-state index is 13.5. The number of rotatable bonds is 8. The topological polar surface area (TPSA) is 113 Å². The summed E-state index contributed by atoms with van der Waals surface area (Å²) in [7, 11) is 0. The van der Waals surface area contributed by atoms with Crippen LogP contribution in [0.25, 0.3) is 5.76 Å². The van der Waals surface area contributed by atoms with Gasteiger partial charge in [-0.1, -0.05) is 88.8 Å². The lowest BCUT2D eigenvalue weighted by molar-refractivity contribution is -0.132. The normalized spacial score (nSPS) is 16.5. The fourth-order valence-electron chi connectivity index (χ4n) is 4.30. The number of nitrogens with zero attached hydrogens (tertiary/aromatic N) is 3. The summed E-state index contributed by atoms with van der Waals surface area (Å²) in [6.45, 7) is 3.98. The summed E-state index contributed by atoms with van der Waals surface area (Å²) in [5.41, 5.74) is 2.66. The van der Waals surface area contributed by atoms with Gasteiger partial charge in [-0.05, 0) is 43.2 Å². The van der Waals surface area contributed by atoms with E-state index in [9.17, 15) is 19.8 Å². The maximum atomic E-state index is 13.5. The number of aliphatic hydroxyl groups is 1. The second-order valence-corrected chi connectivity index (χ2v) is 11.5. The Labute approximate surface area is 243 Å². The molecule has 1 saturated heterocycles. The van der Waals surface area contributed by atoms with E-state index in [1.54, 1.807) is 43.3 Å². The molecule has 0 saturated carbocycles. The Kier molecular flexibility index (Phi) is 8.11. The SMILES string of the molecule is CCOc1cc(C2/C(=C(/O)c3ccc(C)cc3)C(=O)C(=O)N2c2nnc(SCc3ccccc3Cl)s2)ccc1O. The fraction of sp³-hybridized carbons (Fsp3) is 0.172. The molecule has 0 radical (unpaired) electrons. The number of aromatic hydroxyl groups is 1. The number of Topliss-reactive ketones (excluding diaryl/α,β-unsaturated/α-hetero) is 1. The van der Waals surface area contributed by atoms with E-state index in [1.807, 2.05) is 31.2 Å². The predicted octanol–water partition coefficient (Wildman–Crippen LogP) is 6.52. The number of ketones is 1. The zero-order valence-corrected chi connectivity index (χ0v) is 23.9. The van der Waals surface area contributed by atoms with Gasteiger partial charge in [0.25, 0.3) is 5.78 Å². The molecule has 1 atom stereocenters. The molecular formula is C29H24ClN3O5S2. The highest BCUT2D eigenvalue weighted by Gasteiger charge is 2.48. The van der Waals surface area contributed by atoms with Crippen LogP contribution in [-0.4, -0.2) is 38.7 Å². The number of aliphatic hydroxyl groups excluding tert-OH is 1. The van der Waals surface area contributed by atoms with Gasteiger partial charge in [-0.2, -0.15) is 0 Å². The molecule has 2 N–H and O–H groups in total. The molecule has 8 nitrogen and oxygen atoms in total. The molecule has 5 rings (SSSR count). The third-order valence-corrected chi connectivity index (χ3v) is 8.75. The number of hydrogen-bond acceptors (Lipinski definition) is 9. The molecule has 11 heteroatoms. The molecule has 1 aliphatic rings. The van der Waals surface area contributed by atoms with Crippen LogP contribution in [0, 0.1) is 6.92 Å². The largest absolute Gasteiger partial charge is 0.507 e. The molecule has 1 fully saturated rings. The number of thioether (sulfide) groups is 1. The number of carbonyl (C=O) groups is 2. The molecule has 40 heavy (non-hydrogen) atoms. The average molecular weight is 594 g/mol. The second kappa shape index (κ2) is 11.7. The minimum Gasteiger partial charge on any atom is -0.507 e. The molecule has 1 amide bonds. The Morgan fingerprint density at radius 2 is 1.85 bits per heavy atom. The molecule has 204 valence electrons. The number of aryl methyl sites for hydroxylation is 1. The summed E-state index contributed by atoms with van der Waals surface area (Å²) >= 11 is 8.84. The quantitative estimate of drug-likeness (QED) is 0.0780. The minimum absolute atomic E-state index is 0.0877. The van der Waals surface area contributed by atoms with Gasteiger partial charge in [0.15, 0.2) is 15.8 Å². The molecule has 1 unspecified atom stereocenters. The van der Waals surface area contributed by atoms with Crippen LogP contribution in [-0.2, 0) is 15.3 Å². The van der Waals surface area contributed by atoms with Crippen molar-refractivity contribution in [2.75, 3.05) is 11.5 Å². The number of aromatic nitrogens is 2. The molecule has 0 bridgehead atoms. The van der Waals surface area contributed by atoms with E-state index in [0.717, 1.165) is 22.5 Å². The first kappa shape index (κ1) is 27.7. The Hall–Kier alpha value is -3.86. The van der Waals surface area contributed by atoms with Gasteiger partial charge in [-0.3, -0.25) is 14.5 Å². The first-order chi connectivity index (χ1) is 19.3. The van der Waals surface area contributed by atoms with Crippen LogP contribution in [0.3, 0.4) is 0 Å². The summed E-state index contributed by atoms with van der Waals surface area (Å²) in [6, 6.07) is 18.0. The van der Waals surface area contributed by atoms with Crippen LogP contribution in [0.1, 0.15) is 35.2 Å². The third kappa shape index (κ3) is 5.42. The van der Waals surface area contributed by atoms with Crippen LogP contribution in [0.15, 0.2) is 76.6 Å². The van der Waals surface area contributed by atoms with Gasteiger partial charge in [-0.25, -0.2) is 0 Å². The zero-order valence-electron chi connectivity index (χ0n) is 21.5. The van der Waals surface area contributed by atoms with Gasteiger partial charge in [0.1, 0.15) is 5.76 Å². The Balaban J connectivity index is 1.58. The number of anilines is 1. The number of ether oxygens (including phenoxy) is 1. The molecule has 1 aromatic heterocycles. The number of halogens is 1. The van der Waals surface area contributed by atoms with Crippen LogP contribution in [0.5, 0.6) is 11.5 Å². The Morgan fingerprint density at radius 3 is 2.58 bits per heavy atom. The Morgan fingerprint density at radius 1 is 1.10 bits per heavy atom. The molecule has 2 heterocycles. The summed E-state index contributed by atoms with van der Waals surface area (Å²) < 4.78 is 6.13. The lowest BCUT2D eigenvalue weighted by atomic mass is 9.95. The first-order valence-electron chi connectivity index (χ1n) is 12.3. The van der Waals surface area contributed by atoms with Crippen LogP contribution in [0.2, 0.25) is 5.02 Å². The van der Waals surface area contributed by atoms with Crippen molar-refractivity contribution in [3.63, 3.8) is 0 Å². The van der Waals surface area contributed by atoms with Crippen molar-refractivity contribution in [1.82, 2.24) is 10.2 Å². The van der Waals surface area contributed by atoms with Gasteiger partial charge in [-0.15, -0.1) is 10.2 Å². The maximum Gasteiger partial charge on any atom is 0.301 e. The lowest BCUT2D eigenvalue weighted by Crippen LogP contribution is -2.29. The highest BCUT2D eigenvalue weighted by molar-refractivity contribution is 8.00. The smallest absolute Gasteiger partial charge is 0.301 e. The van der Waals surface area contributed by atoms with Crippen molar-refractivity contribution >= 4 is 57.3 Å². The van der Waals surface area contributed by atoms with Crippen molar-refractivity contribution in [2.45, 2.75) is 30.0 Å². The molecule has 4 aromatic rings. The van der Waals surface area contributed by atoms with Crippen LogP contribution in [0.4, 0.5) is 5.13 Å². The van der Waals surface area contributed by atoms with E-state index in [0.29, 0.717) is 32.8 Å². The molecule has 3 aromatic carbocycles. The number of carbonyl (C=O) groups excluding carboxylic acids is 2. The number of phenolic OH excluding ortho intramolecular Hbond substituents is 1. The lowest BCUT2D eigenvalue weighted by Gasteiger charge is -2.23. The highest BCUT2D eigenvalue weighted by Crippen LogP contribution is 2.45. The summed E-state index contributed by atoms with van der Waals surface area (Å²) in [5, 5.41) is 30.9. The van der Waals surface area contributed by atoms with Gasteiger partial charge >= 0.3 is 5.91 Å². The van der Waals surface area contributed by atoms with E-state index in [1.165, 1.54) is 22.7 Å². The molecular weight excluding hydrogens is 570 g/mol. The van der Waals surface area contributed by atoms with Crippen LogP contribution >= 0.6 is 34.7 Å². The standard InChI is InChI=1S/C29H24ClN3O5S2/c1-3-38-22-14-18(12-13-21(22)34)24-23(25(35)17-10-8-16(2)9-11-17)26(36)27(37)33(24)28-31-32-29(40-28)39-15-19-6-4-5-7-20(19)30/h4-14,24,34-35H,3,15H2,1-2H3/b25-23-. The number of phenols is 1. The van der Waals surface area contributed by atoms with Crippen molar-refractivity contribution < 1.29 is 24.5 Å². The van der Waals surface area contributed by atoms with E-state index in [2.05, 4.69) is 10.2 Å². The minimum atomic E-state index is -1.03. The van der Waals surface area contributed by atoms with E-state index >= 15 is 0 Å². The van der Waals surface area contributed by atoms with Gasteiger partial charge < -0.3 is 14.9 Å². The van der Waals surface area contributed by atoms with E-state index in [-0.39, 0.29) is 28.0 Å². The third-order valence-electron chi connectivity index (χ3n) is 6.28. The summed E-state index contributed by atoms with van der Waals surface area (Å²) in [5.74, 6) is -1.36. The van der Waals surface area contributed by atoms with Crippen molar-refractivity contribution in [1.29, 1.82) is 0 Å². The van der Waals surface area contributed by atoms with Gasteiger partial charge in [0.05, 0.1) is 18.2 Å². The molecule has 0 aliphatic carbocycles. The van der Waals surface area contributed by atoms with Crippen molar-refractivity contribution in [3.8, 4) is 11.5 Å². The fourth-order valence-corrected chi connectivity index (χ4v) is 6.45. The van der Waals surface area contributed by atoms with Crippen molar-refractivity contribution in [3.05, 3.63) is 99.6 Å². The number of hydrogen-bond donors (Lipinski definition) is 2. The summed E-state index contributed by atoms with van der Waals surface area (Å²) in [6.07, 6.45) is 0. The molecule has 0 spiro atoms. The second-order valence-electron chi connectivity index (χ2n) is 8.93. The van der Waals surface area contributed by atoms with Gasteiger partial charge in [0, 0.05) is 16.3 Å². The van der Waals surface area contributed by atoms with E-state index in [4.69, 9.17) is 16.3 Å². The molecule has 1 aliphatic heterocycles. The Bertz CT molecular complexity index is 1620. The first-order valence-corrected chi connectivity index (χ1v) is 14.5. The highest BCUT2D eigenvalue weighted by atomic mass is 35.5. The summed E-state index contributed by atoms with van der Waals surface area (Å²) in [4.78, 5) is 28.1. The van der Waals surface area contributed by atoms with Crippen LogP contribution < -0.4 is 9.64 Å². The monoisotopic (exact) mass is 593 g/mol. The predicted molar refractivity (Wildman–Crippen MR) is 156 cm³/mol. The number of benzene rings is 3. The van der Waals surface area contributed by atoms with Gasteiger partial charge in [0.2, 0.25) is 5.13 Å². The van der Waals surface area contributed by atoms with E-state index < -0.39 is 17.7 Å².